The summed E-state index contributed by atoms with van der Waals surface area (Å²) >= 11 is 0. The van der Waals surface area contributed by atoms with Crippen molar-refractivity contribution in [3.05, 3.63) is 35.5 Å². The normalized spacial score (nSPS) is 31.0. The van der Waals surface area contributed by atoms with Gasteiger partial charge < -0.3 is 18.4 Å². The van der Waals surface area contributed by atoms with Crippen LogP contribution in [0.25, 0.3) is 0 Å². The van der Waals surface area contributed by atoms with Crippen LogP contribution >= 0.6 is 0 Å². The van der Waals surface area contributed by atoms with Crippen molar-refractivity contribution in [2.24, 2.45) is 23.2 Å². The molecule has 302 valence electrons. The first kappa shape index (κ1) is 46.1. The Balaban J connectivity index is 2.12. The molecule has 0 aromatic rings. The largest absolute Gasteiger partial charge is 0.411 e. The average Bonchev–Trinajstić information content (AvgIpc) is 3.30. The minimum atomic E-state index is -2.19. The average molecular weight is 775 g/mol. The van der Waals surface area contributed by atoms with Crippen LogP contribution in [0.2, 0.25) is 54.4 Å². The van der Waals surface area contributed by atoms with E-state index >= 15 is 0 Å². The van der Waals surface area contributed by atoms with Gasteiger partial charge in [0.15, 0.2) is 25.0 Å². The number of rotatable bonds is 12. The van der Waals surface area contributed by atoms with Crippen molar-refractivity contribution in [3.63, 3.8) is 0 Å². The predicted molar refractivity (Wildman–Crippen MR) is 234 cm³/mol. The van der Waals surface area contributed by atoms with E-state index in [0.29, 0.717) is 17.3 Å². The lowest BCUT2D eigenvalue weighted by Gasteiger charge is -2.50. The number of allylic oxidation sites excluding steroid dienone is 3. The monoisotopic (exact) mass is 775 g/mol. The second-order valence-corrected chi connectivity index (χ2v) is 37.3. The first-order valence-corrected chi connectivity index (χ1v) is 29.8. The molecule has 7 atom stereocenters. The third-order valence-corrected chi connectivity index (χ3v) is 28.7. The maximum absolute atomic E-state index is 10.4. The van der Waals surface area contributed by atoms with Crippen LogP contribution in [0.3, 0.4) is 0 Å². The Kier molecular flexibility index (Phi) is 14.1. The van der Waals surface area contributed by atoms with Gasteiger partial charge in [0.1, 0.15) is 0 Å². The van der Waals surface area contributed by atoms with Gasteiger partial charge >= 0.3 is 0 Å². The summed E-state index contributed by atoms with van der Waals surface area (Å²) < 4.78 is 22.2. The van der Waals surface area contributed by atoms with Crippen molar-refractivity contribution < 1.29 is 18.4 Å². The molecule has 0 heterocycles. The molecular formula is C45H86O4Si3. The van der Waals surface area contributed by atoms with Gasteiger partial charge in [0, 0.05) is 6.42 Å². The van der Waals surface area contributed by atoms with Crippen LogP contribution in [0, 0.1) is 23.2 Å². The van der Waals surface area contributed by atoms with Gasteiger partial charge in [-0.05, 0) is 141 Å². The second kappa shape index (κ2) is 15.9. The Labute approximate surface area is 326 Å². The van der Waals surface area contributed by atoms with Gasteiger partial charge in [-0.1, -0.05) is 113 Å². The Hall–Kier alpha value is -0.289. The fourth-order valence-corrected chi connectivity index (χ4v) is 12.6. The molecule has 3 aliphatic rings. The van der Waals surface area contributed by atoms with Crippen molar-refractivity contribution in [3.8, 4) is 0 Å². The van der Waals surface area contributed by atoms with Gasteiger partial charge in [0.25, 0.3) is 0 Å². The lowest BCUT2D eigenvalue weighted by atomic mass is 9.60. The molecule has 0 saturated heterocycles. The van der Waals surface area contributed by atoms with Crippen LogP contribution in [0.1, 0.15) is 148 Å². The minimum Gasteiger partial charge on any atom is -0.411 e. The van der Waals surface area contributed by atoms with E-state index in [2.05, 4.69) is 128 Å². The molecular weight excluding hydrogens is 689 g/mol. The molecule has 0 unspecified atom stereocenters. The van der Waals surface area contributed by atoms with Gasteiger partial charge in [-0.3, -0.25) is 0 Å². The molecule has 0 aliphatic heterocycles. The summed E-state index contributed by atoms with van der Waals surface area (Å²) in [5.74, 6) is 2.03. The lowest BCUT2D eigenvalue weighted by molar-refractivity contribution is 0.0137. The Morgan fingerprint density at radius 3 is 1.85 bits per heavy atom. The lowest BCUT2D eigenvalue weighted by Crippen LogP contribution is -2.56. The second-order valence-electron chi connectivity index (χ2n) is 23.0. The highest BCUT2D eigenvalue weighted by Crippen LogP contribution is 2.60. The Morgan fingerprint density at radius 1 is 0.808 bits per heavy atom. The molecule has 0 radical (unpaired) electrons. The molecule has 0 amide bonds. The van der Waals surface area contributed by atoms with Gasteiger partial charge in [-0.15, -0.1) is 0 Å². The van der Waals surface area contributed by atoms with E-state index in [4.69, 9.17) is 19.9 Å². The predicted octanol–water partition coefficient (Wildman–Crippen LogP) is 13.8. The van der Waals surface area contributed by atoms with Crippen LogP contribution < -0.4 is 0 Å². The third kappa shape index (κ3) is 10.6. The van der Waals surface area contributed by atoms with E-state index in [9.17, 15) is 5.11 Å². The molecule has 7 heteroatoms. The zero-order valence-electron chi connectivity index (χ0n) is 37.9. The summed E-state index contributed by atoms with van der Waals surface area (Å²) in [7, 11) is -6.44. The molecule has 3 rings (SSSR count). The van der Waals surface area contributed by atoms with Gasteiger partial charge in [0.05, 0.1) is 23.9 Å². The van der Waals surface area contributed by atoms with Gasteiger partial charge in [-0.25, -0.2) is 0 Å². The van der Waals surface area contributed by atoms with Gasteiger partial charge in [0.2, 0.25) is 0 Å². The third-order valence-electron chi connectivity index (χ3n) is 15.2. The molecule has 3 aliphatic carbocycles. The fourth-order valence-electron chi connectivity index (χ4n) is 8.67. The highest BCUT2D eigenvalue weighted by atomic mass is 28.4. The van der Waals surface area contributed by atoms with Crippen LogP contribution in [0.5, 0.6) is 0 Å². The molecule has 0 bridgehead atoms. The highest BCUT2D eigenvalue weighted by Gasteiger charge is 2.52. The van der Waals surface area contributed by atoms with E-state index in [1.165, 1.54) is 44.1 Å². The first-order chi connectivity index (χ1) is 23.2. The van der Waals surface area contributed by atoms with Crippen molar-refractivity contribution in [1.29, 1.82) is 0 Å². The summed E-state index contributed by atoms with van der Waals surface area (Å²) in [5.41, 5.74) is 3.69. The van der Waals surface area contributed by atoms with Crippen LogP contribution in [0.15, 0.2) is 35.5 Å². The molecule has 3 saturated carbocycles. The maximum Gasteiger partial charge on any atom is 0.193 e. The molecule has 0 spiro atoms. The zero-order valence-corrected chi connectivity index (χ0v) is 40.9. The van der Waals surface area contributed by atoms with Crippen molar-refractivity contribution in [1.82, 2.24) is 0 Å². The first-order valence-electron chi connectivity index (χ1n) is 21.1. The number of hydrogen-bond donors (Lipinski definition) is 1. The van der Waals surface area contributed by atoms with Crippen LogP contribution in [-0.2, 0) is 13.3 Å². The molecule has 0 aromatic heterocycles. The summed E-state index contributed by atoms with van der Waals surface area (Å²) in [6.45, 7) is 49.2. The van der Waals surface area contributed by atoms with Crippen molar-refractivity contribution in [2.75, 3.05) is 0 Å². The van der Waals surface area contributed by atoms with E-state index < -0.39 is 30.6 Å². The molecule has 0 aromatic carbocycles. The summed E-state index contributed by atoms with van der Waals surface area (Å²) in [6, 6.07) is 0. The van der Waals surface area contributed by atoms with E-state index in [-0.39, 0.29) is 33.4 Å². The van der Waals surface area contributed by atoms with Crippen molar-refractivity contribution >= 4 is 25.0 Å². The van der Waals surface area contributed by atoms with Crippen molar-refractivity contribution in [2.45, 2.75) is 226 Å². The Morgan fingerprint density at radius 2 is 1.33 bits per heavy atom. The van der Waals surface area contributed by atoms with E-state index in [1.807, 2.05) is 13.8 Å². The molecule has 4 nitrogen and oxygen atoms in total. The SMILES string of the molecule is C=C1/C(=C\C=C2/CCC[C@@]3(C)[C@@H]2CC[C@@H]3[C@H](C)CCCC(C)(C)O)[C@@H](O[Si](C)(C)C(C)(C)C)[C@@H](O[Si](C)(C)C(C)(C)C)C[C@@H]1O[Si](C)(C)C(C)(C)C. The smallest absolute Gasteiger partial charge is 0.193 e. The zero-order chi connectivity index (χ0) is 40.1. The highest BCUT2D eigenvalue weighted by molar-refractivity contribution is 6.75. The van der Waals surface area contributed by atoms with E-state index in [1.54, 1.807) is 5.57 Å². The maximum atomic E-state index is 10.4. The molecule has 3 fully saturated rings. The molecule has 52 heavy (non-hydrogen) atoms. The van der Waals surface area contributed by atoms with E-state index in [0.717, 1.165) is 30.8 Å². The summed E-state index contributed by atoms with van der Waals surface area (Å²) in [4.78, 5) is 0. The Bertz CT molecular complexity index is 1300. The van der Waals surface area contributed by atoms with Crippen LogP contribution in [0.4, 0.5) is 0 Å². The number of fused-ring (bicyclic) bond motifs is 1. The number of hydrogen-bond acceptors (Lipinski definition) is 4. The fraction of sp³-hybridized carbons (Fsp3) is 0.867. The summed E-state index contributed by atoms with van der Waals surface area (Å²) in [5, 5.41) is 10.6. The molecule has 1 N–H and O–H groups in total. The summed E-state index contributed by atoms with van der Waals surface area (Å²) in [6.07, 6.45) is 14.9. The topological polar surface area (TPSA) is 47.9 Å². The van der Waals surface area contributed by atoms with Crippen LogP contribution in [-0.4, -0.2) is 54.0 Å². The standard InChI is InChI=1S/C45H86O4Si3/c1-32(23-21-29-44(12,13)46)36-27-28-37-34(24-22-30-45(36,37)14)25-26-35-33(2)38(47-50(15,16)41(3,4)5)31-39(48-51(17,18)42(6,7)8)40(35)49-52(19,20)43(9,10)11/h25-26,32,36-40,46H,2,21-24,27-31H2,1,3-20H3/b34-25+,35-26+/t32-,36-,37-,38+,39+,40-,45-/m1/s1. The quantitative estimate of drug-likeness (QED) is 0.201. The van der Waals surface area contributed by atoms with Gasteiger partial charge in [-0.2, -0.15) is 0 Å². The number of aliphatic hydroxyl groups is 1. The minimum absolute atomic E-state index is 0.0710.